The van der Waals surface area contributed by atoms with Gasteiger partial charge in [-0.15, -0.1) is 11.3 Å². The van der Waals surface area contributed by atoms with Gasteiger partial charge in [-0.3, -0.25) is 0 Å². The number of alkyl halides is 2. The fourth-order valence-electron chi connectivity index (χ4n) is 0.915. The predicted molar refractivity (Wildman–Crippen MR) is 69.0 cm³/mol. The molecule has 0 spiro atoms. The van der Waals surface area contributed by atoms with Crippen LogP contribution in [-0.2, 0) is 0 Å². The van der Waals surface area contributed by atoms with Crippen molar-refractivity contribution in [2.45, 2.75) is 1.93 Å². The van der Waals surface area contributed by atoms with Gasteiger partial charge in [-0.25, -0.2) is 9.59 Å². The molecule has 4 nitrogen and oxygen atoms in total. The van der Waals surface area contributed by atoms with Gasteiger partial charge in [0.2, 0.25) is 0 Å². The molecule has 1 aromatic heterocycles. The highest BCUT2D eigenvalue weighted by molar-refractivity contribution is 14.2. The van der Waals surface area contributed by atoms with Gasteiger partial charge in [0.05, 0.1) is 7.49 Å². The zero-order chi connectivity index (χ0) is 10.9. The molecule has 0 saturated carbocycles. The third kappa shape index (κ3) is 2.37. The lowest BCUT2D eigenvalue weighted by Crippen LogP contribution is -2.03. The number of carbonyl (C=O) groups is 2. The zero-order valence-electron chi connectivity index (χ0n) is 6.53. The molecule has 0 unspecified atom stereocenters. The molecule has 0 bridgehead atoms. The molecule has 76 valence electrons. The summed E-state index contributed by atoms with van der Waals surface area (Å²) in [5, 5.41) is 19.0. The van der Waals surface area contributed by atoms with Gasteiger partial charge in [0.15, 0.2) is 0 Å². The summed E-state index contributed by atoms with van der Waals surface area (Å²) in [5.41, 5.74) is 0.470. The van der Waals surface area contributed by atoms with Crippen LogP contribution >= 0.6 is 56.5 Å². The average Bonchev–Trinajstić information content (AvgIpc) is 2.46. The van der Waals surface area contributed by atoms with Crippen molar-refractivity contribution in [3.8, 4) is 0 Å². The van der Waals surface area contributed by atoms with Gasteiger partial charge < -0.3 is 10.2 Å². The van der Waals surface area contributed by atoms with Crippen LogP contribution in [0.1, 0.15) is 27.5 Å². The third-order valence-electron chi connectivity index (χ3n) is 1.47. The second-order valence-electron chi connectivity index (χ2n) is 2.30. The molecule has 1 rings (SSSR count). The van der Waals surface area contributed by atoms with Crippen molar-refractivity contribution in [2.24, 2.45) is 0 Å². The molecular formula is C7H4I2O4S. The Bertz CT molecular complexity index is 354. The number of carboxylic acids is 2. The van der Waals surface area contributed by atoms with Gasteiger partial charge in [0.1, 0.15) is 4.88 Å². The fraction of sp³-hybridized carbons (Fsp3) is 0.143. The molecule has 2 N–H and O–H groups in total. The smallest absolute Gasteiger partial charge is 0.346 e. The Morgan fingerprint density at radius 1 is 1.29 bits per heavy atom. The van der Waals surface area contributed by atoms with Crippen LogP contribution in [-0.4, -0.2) is 22.2 Å². The molecule has 0 aliphatic rings. The van der Waals surface area contributed by atoms with Crippen molar-refractivity contribution in [3.05, 3.63) is 21.4 Å². The van der Waals surface area contributed by atoms with Gasteiger partial charge in [-0.05, 0) is 0 Å². The molecule has 0 radical (unpaired) electrons. The maximum absolute atomic E-state index is 10.8. The lowest BCUT2D eigenvalue weighted by molar-refractivity contribution is 0.0695. The number of hydrogen-bond acceptors (Lipinski definition) is 3. The van der Waals surface area contributed by atoms with Crippen LogP contribution in [0.15, 0.2) is 5.38 Å². The van der Waals surface area contributed by atoms with E-state index in [9.17, 15) is 9.59 Å². The zero-order valence-corrected chi connectivity index (χ0v) is 11.7. The molecule has 0 amide bonds. The van der Waals surface area contributed by atoms with Crippen molar-refractivity contribution in [3.63, 3.8) is 0 Å². The number of rotatable bonds is 3. The van der Waals surface area contributed by atoms with Crippen molar-refractivity contribution in [2.75, 3.05) is 0 Å². The predicted octanol–water partition coefficient (Wildman–Crippen LogP) is 3.01. The van der Waals surface area contributed by atoms with E-state index in [0.717, 1.165) is 11.3 Å². The lowest BCUT2D eigenvalue weighted by atomic mass is 10.2. The van der Waals surface area contributed by atoms with E-state index in [0.29, 0.717) is 5.56 Å². The Kier molecular flexibility index (Phi) is 4.13. The minimum atomic E-state index is -1.08. The number of hydrogen-bond donors (Lipinski definition) is 2. The molecule has 0 atom stereocenters. The minimum Gasteiger partial charge on any atom is -0.478 e. The number of aromatic carboxylic acids is 2. The van der Waals surface area contributed by atoms with Gasteiger partial charge >= 0.3 is 11.9 Å². The monoisotopic (exact) mass is 438 g/mol. The van der Waals surface area contributed by atoms with Gasteiger partial charge in [0.25, 0.3) is 0 Å². The van der Waals surface area contributed by atoms with Crippen LogP contribution < -0.4 is 0 Å². The van der Waals surface area contributed by atoms with Crippen molar-refractivity contribution in [1.82, 2.24) is 0 Å². The quantitative estimate of drug-likeness (QED) is 0.563. The summed E-state index contributed by atoms with van der Waals surface area (Å²) < 4.78 is -0.159. The molecular weight excluding hydrogens is 434 g/mol. The van der Waals surface area contributed by atoms with Crippen LogP contribution in [0, 0.1) is 0 Å². The molecule has 0 saturated heterocycles. The molecule has 0 aliphatic carbocycles. The van der Waals surface area contributed by atoms with E-state index < -0.39 is 11.9 Å². The summed E-state index contributed by atoms with van der Waals surface area (Å²) in [6.45, 7) is 0. The Balaban J connectivity index is 3.35. The minimum absolute atomic E-state index is 0.0844. The van der Waals surface area contributed by atoms with Gasteiger partial charge in [-0.2, -0.15) is 0 Å². The van der Waals surface area contributed by atoms with E-state index in [1.807, 2.05) is 45.2 Å². The highest BCUT2D eigenvalue weighted by Crippen LogP contribution is 2.38. The summed E-state index contributed by atoms with van der Waals surface area (Å²) in [6, 6.07) is 0. The van der Waals surface area contributed by atoms with E-state index in [1.165, 1.54) is 5.38 Å². The summed E-state index contributed by atoms with van der Waals surface area (Å²) in [6.07, 6.45) is 0. The third-order valence-corrected chi connectivity index (χ3v) is 3.70. The molecule has 0 aliphatic heterocycles. The van der Waals surface area contributed by atoms with Crippen LogP contribution in [0.4, 0.5) is 0 Å². The van der Waals surface area contributed by atoms with E-state index in [1.54, 1.807) is 0 Å². The van der Waals surface area contributed by atoms with Crippen LogP contribution in [0.25, 0.3) is 0 Å². The maximum atomic E-state index is 10.8. The summed E-state index contributed by atoms with van der Waals surface area (Å²) in [4.78, 5) is 21.6. The van der Waals surface area contributed by atoms with Gasteiger partial charge in [-0.1, -0.05) is 45.2 Å². The first-order valence-electron chi connectivity index (χ1n) is 3.31. The van der Waals surface area contributed by atoms with E-state index in [-0.39, 0.29) is 12.4 Å². The standard InChI is InChI=1S/C7H4I2O4S/c8-5(9)3-2(6(10)11)1-14-4(3)7(12)13/h1,5H,(H,10,11)(H,12,13). The normalized spacial score (nSPS) is 10.5. The SMILES string of the molecule is O=C(O)c1csc(C(=O)O)c1C(I)I. The Morgan fingerprint density at radius 3 is 2.21 bits per heavy atom. The van der Waals surface area contributed by atoms with Crippen molar-refractivity contribution in [1.29, 1.82) is 0 Å². The summed E-state index contributed by atoms with van der Waals surface area (Å²) >= 11 is 4.93. The highest BCUT2D eigenvalue weighted by Gasteiger charge is 2.24. The van der Waals surface area contributed by atoms with E-state index >= 15 is 0 Å². The number of halogens is 2. The Morgan fingerprint density at radius 2 is 1.86 bits per heavy atom. The molecule has 0 fully saturated rings. The number of carboxylic acid groups (broad SMARTS) is 2. The molecule has 7 heteroatoms. The summed E-state index contributed by atoms with van der Waals surface area (Å²) in [7, 11) is 0. The van der Waals surface area contributed by atoms with E-state index in [4.69, 9.17) is 10.2 Å². The lowest BCUT2D eigenvalue weighted by Gasteiger charge is -2.02. The molecule has 14 heavy (non-hydrogen) atoms. The Labute approximate surface area is 111 Å². The first kappa shape index (κ1) is 12.2. The van der Waals surface area contributed by atoms with Crippen molar-refractivity contribution >= 4 is 68.5 Å². The van der Waals surface area contributed by atoms with Crippen molar-refractivity contribution < 1.29 is 19.8 Å². The first-order valence-corrected chi connectivity index (χ1v) is 6.68. The average molecular weight is 438 g/mol. The topological polar surface area (TPSA) is 74.6 Å². The second-order valence-corrected chi connectivity index (χ2v) is 8.06. The largest absolute Gasteiger partial charge is 0.478 e. The summed E-state index contributed by atoms with van der Waals surface area (Å²) in [5.74, 6) is -2.15. The highest BCUT2D eigenvalue weighted by atomic mass is 127. The maximum Gasteiger partial charge on any atom is 0.346 e. The Hall–Kier alpha value is 0.100. The molecule has 1 heterocycles. The fourth-order valence-corrected chi connectivity index (χ4v) is 3.55. The molecule has 0 aromatic carbocycles. The number of thiophene rings is 1. The van der Waals surface area contributed by atoms with Crippen LogP contribution in [0.5, 0.6) is 0 Å². The van der Waals surface area contributed by atoms with E-state index in [2.05, 4.69) is 0 Å². The second kappa shape index (κ2) is 4.75. The first-order chi connectivity index (χ1) is 6.45. The van der Waals surface area contributed by atoms with Crippen LogP contribution in [0.2, 0.25) is 0 Å². The van der Waals surface area contributed by atoms with Crippen LogP contribution in [0.3, 0.4) is 0 Å². The molecule has 1 aromatic rings. The van der Waals surface area contributed by atoms with Gasteiger partial charge in [0, 0.05) is 10.9 Å².